The van der Waals surface area contributed by atoms with Gasteiger partial charge in [0.1, 0.15) is 11.5 Å². The highest BCUT2D eigenvalue weighted by Gasteiger charge is 2.05. The number of ether oxygens (including phenoxy) is 1. The zero-order valence-corrected chi connectivity index (χ0v) is 12.4. The molecule has 110 valence electrons. The van der Waals surface area contributed by atoms with Crippen LogP contribution in [0.2, 0.25) is 5.02 Å². The predicted octanol–water partition coefficient (Wildman–Crippen LogP) is 3.63. The van der Waals surface area contributed by atoms with Crippen LogP contribution in [0.25, 0.3) is 0 Å². The van der Waals surface area contributed by atoms with Gasteiger partial charge in [-0.3, -0.25) is 4.79 Å². The van der Waals surface area contributed by atoms with Crippen molar-refractivity contribution in [3.05, 3.63) is 53.1 Å². The number of aryl methyl sites for hydroxylation is 1. The number of rotatable bonds is 5. The predicted molar refractivity (Wildman–Crippen MR) is 83.1 cm³/mol. The van der Waals surface area contributed by atoms with Crippen molar-refractivity contribution in [2.24, 2.45) is 0 Å². The van der Waals surface area contributed by atoms with E-state index in [1.807, 2.05) is 24.3 Å². The molecule has 2 rings (SSSR count). The molecule has 0 spiro atoms. The molecule has 0 heterocycles. The Morgan fingerprint density at radius 3 is 2.57 bits per heavy atom. The number of phenolic OH excluding ortho intramolecular Hbond substituents is 1. The Labute approximate surface area is 128 Å². The third-order valence-corrected chi connectivity index (χ3v) is 3.35. The molecule has 0 radical (unpaired) electrons. The van der Waals surface area contributed by atoms with Gasteiger partial charge >= 0.3 is 0 Å². The first kappa shape index (κ1) is 15.2. The van der Waals surface area contributed by atoms with E-state index in [9.17, 15) is 9.90 Å². The van der Waals surface area contributed by atoms with E-state index in [1.54, 1.807) is 13.2 Å². The highest BCUT2D eigenvalue weighted by molar-refractivity contribution is 6.32. The first-order chi connectivity index (χ1) is 10.1. The molecule has 0 unspecified atom stereocenters. The number of nitrogens with one attached hydrogen (secondary N) is 1. The number of methoxy groups -OCH3 is 1. The highest BCUT2D eigenvalue weighted by Crippen LogP contribution is 2.26. The molecule has 1 amide bonds. The molecule has 5 heteroatoms. The molecular formula is C16H16ClNO3. The summed E-state index contributed by atoms with van der Waals surface area (Å²) in [5, 5.41) is 12.5. The molecule has 0 fully saturated rings. The molecule has 2 N–H and O–H groups in total. The van der Waals surface area contributed by atoms with Crippen molar-refractivity contribution in [1.29, 1.82) is 0 Å². The second-order valence-electron chi connectivity index (χ2n) is 4.56. The minimum Gasteiger partial charge on any atom is -0.506 e. The van der Waals surface area contributed by atoms with E-state index >= 15 is 0 Å². The smallest absolute Gasteiger partial charge is 0.224 e. The summed E-state index contributed by atoms with van der Waals surface area (Å²) in [6.07, 6.45) is 0.991. The first-order valence-corrected chi connectivity index (χ1v) is 6.87. The molecular weight excluding hydrogens is 290 g/mol. The Morgan fingerprint density at radius 2 is 1.95 bits per heavy atom. The average Bonchev–Trinajstić information content (AvgIpc) is 2.49. The van der Waals surface area contributed by atoms with Gasteiger partial charge in [-0.25, -0.2) is 0 Å². The molecule has 0 saturated heterocycles. The third kappa shape index (κ3) is 4.39. The van der Waals surface area contributed by atoms with Crippen LogP contribution in [-0.2, 0) is 11.2 Å². The third-order valence-electron chi connectivity index (χ3n) is 3.03. The number of carbonyl (C=O) groups excluding carboxylic acids is 1. The van der Waals surface area contributed by atoms with Gasteiger partial charge in [-0.1, -0.05) is 23.7 Å². The van der Waals surface area contributed by atoms with Crippen molar-refractivity contribution in [3.63, 3.8) is 0 Å². The lowest BCUT2D eigenvalue weighted by Crippen LogP contribution is -2.12. The van der Waals surface area contributed by atoms with Crippen molar-refractivity contribution in [3.8, 4) is 11.5 Å². The van der Waals surface area contributed by atoms with Gasteiger partial charge in [-0.05, 0) is 36.2 Å². The minimum atomic E-state index is -0.118. The van der Waals surface area contributed by atoms with Crippen molar-refractivity contribution < 1.29 is 14.6 Å². The van der Waals surface area contributed by atoms with E-state index in [1.165, 1.54) is 12.1 Å². The second-order valence-corrected chi connectivity index (χ2v) is 4.97. The Bertz CT molecular complexity index is 626. The standard InChI is InChI=1S/C16H16ClNO3/c1-21-13-6-2-11(3-7-13)4-9-16(20)18-12-5-8-14(17)15(19)10-12/h2-3,5-8,10,19H,4,9H2,1H3,(H,18,20). The lowest BCUT2D eigenvalue weighted by Gasteiger charge is -2.07. The van der Waals surface area contributed by atoms with Crippen LogP contribution in [0.1, 0.15) is 12.0 Å². The summed E-state index contributed by atoms with van der Waals surface area (Å²) >= 11 is 5.71. The molecule has 0 bridgehead atoms. The quantitative estimate of drug-likeness (QED) is 0.887. The van der Waals surface area contributed by atoms with Crippen LogP contribution in [0.15, 0.2) is 42.5 Å². The topological polar surface area (TPSA) is 58.6 Å². The monoisotopic (exact) mass is 305 g/mol. The fourth-order valence-corrected chi connectivity index (χ4v) is 1.98. The van der Waals surface area contributed by atoms with Crippen LogP contribution in [0.4, 0.5) is 5.69 Å². The largest absolute Gasteiger partial charge is 0.506 e. The van der Waals surface area contributed by atoms with Crippen LogP contribution in [0, 0.1) is 0 Å². The maximum absolute atomic E-state index is 11.9. The zero-order chi connectivity index (χ0) is 15.2. The number of carbonyl (C=O) groups is 1. The first-order valence-electron chi connectivity index (χ1n) is 6.50. The number of phenols is 1. The van der Waals surface area contributed by atoms with Gasteiger partial charge in [0.2, 0.25) is 5.91 Å². The normalized spacial score (nSPS) is 10.2. The lowest BCUT2D eigenvalue weighted by molar-refractivity contribution is -0.116. The average molecular weight is 306 g/mol. The molecule has 0 aliphatic heterocycles. The van der Waals surface area contributed by atoms with Crippen molar-refractivity contribution in [2.75, 3.05) is 12.4 Å². The van der Waals surface area contributed by atoms with E-state index < -0.39 is 0 Å². The van der Waals surface area contributed by atoms with Gasteiger partial charge in [-0.15, -0.1) is 0 Å². The van der Waals surface area contributed by atoms with Crippen LogP contribution in [0.5, 0.6) is 11.5 Å². The fraction of sp³-hybridized carbons (Fsp3) is 0.188. The van der Waals surface area contributed by atoms with E-state index in [0.717, 1.165) is 11.3 Å². The number of amides is 1. The van der Waals surface area contributed by atoms with E-state index in [2.05, 4.69) is 5.32 Å². The van der Waals surface area contributed by atoms with E-state index in [-0.39, 0.29) is 16.7 Å². The SMILES string of the molecule is COc1ccc(CCC(=O)Nc2ccc(Cl)c(O)c2)cc1. The van der Waals surface area contributed by atoms with E-state index in [4.69, 9.17) is 16.3 Å². The Kier molecular flexibility index (Phi) is 5.06. The van der Waals surface area contributed by atoms with Gasteiger partial charge in [-0.2, -0.15) is 0 Å². The van der Waals surface area contributed by atoms with Crippen molar-refractivity contribution in [2.45, 2.75) is 12.8 Å². The van der Waals surface area contributed by atoms with Gasteiger partial charge < -0.3 is 15.2 Å². The molecule has 0 aromatic heterocycles. The molecule has 0 aliphatic carbocycles. The molecule has 4 nitrogen and oxygen atoms in total. The number of benzene rings is 2. The molecule has 2 aromatic rings. The van der Waals surface area contributed by atoms with Crippen LogP contribution in [0.3, 0.4) is 0 Å². The van der Waals surface area contributed by atoms with Crippen LogP contribution in [-0.4, -0.2) is 18.1 Å². The zero-order valence-electron chi connectivity index (χ0n) is 11.6. The number of anilines is 1. The summed E-state index contributed by atoms with van der Waals surface area (Å²) in [6, 6.07) is 12.2. The molecule has 0 saturated carbocycles. The van der Waals surface area contributed by atoms with Gasteiger partial charge in [0.15, 0.2) is 0 Å². The molecule has 2 aromatic carbocycles. The van der Waals surface area contributed by atoms with Crippen molar-refractivity contribution in [1.82, 2.24) is 0 Å². The number of hydrogen-bond donors (Lipinski definition) is 2. The van der Waals surface area contributed by atoms with Gasteiger partial charge in [0.25, 0.3) is 0 Å². The highest BCUT2D eigenvalue weighted by atomic mass is 35.5. The molecule has 21 heavy (non-hydrogen) atoms. The molecule has 0 aliphatic rings. The summed E-state index contributed by atoms with van der Waals surface area (Å²) < 4.78 is 5.08. The van der Waals surface area contributed by atoms with Gasteiger partial charge in [0, 0.05) is 18.2 Å². The summed E-state index contributed by atoms with van der Waals surface area (Å²) in [6.45, 7) is 0. The molecule has 0 atom stereocenters. The van der Waals surface area contributed by atoms with E-state index in [0.29, 0.717) is 18.5 Å². The number of halogens is 1. The Balaban J connectivity index is 1.87. The Hall–Kier alpha value is -2.20. The maximum atomic E-state index is 11.9. The van der Waals surface area contributed by atoms with Gasteiger partial charge in [0.05, 0.1) is 12.1 Å². The lowest BCUT2D eigenvalue weighted by atomic mass is 10.1. The number of hydrogen-bond acceptors (Lipinski definition) is 3. The minimum absolute atomic E-state index is 0.0513. The summed E-state index contributed by atoms with van der Waals surface area (Å²) in [4.78, 5) is 11.9. The second kappa shape index (κ2) is 6.99. The summed E-state index contributed by atoms with van der Waals surface area (Å²) in [7, 11) is 1.62. The van der Waals surface area contributed by atoms with Crippen LogP contribution < -0.4 is 10.1 Å². The summed E-state index contributed by atoms with van der Waals surface area (Å²) in [5.74, 6) is 0.622. The van der Waals surface area contributed by atoms with Crippen LogP contribution >= 0.6 is 11.6 Å². The van der Waals surface area contributed by atoms with Crippen molar-refractivity contribution >= 4 is 23.2 Å². The Morgan fingerprint density at radius 1 is 1.24 bits per heavy atom. The summed E-state index contributed by atoms with van der Waals surface area (Å²) in [5.41, 5.74) is 1.58. The number of aromatic hydroxyl groups is 1. The maximum Gasteiger partial charge on any atom is 0.224 e. The fourth-order valence-electron chi connectivity index (χ4n) is 1.86.